The number of hydrogen-bond acceptors (Lipinski definition) is 1. The Morgan fingerprint density at radius 3 is 1.82 bits per heavy atom. The molecule has 9 heteroatoms. The summed E-state index contributed by atoms with van der Waals surface area (Å²) in [4.78, 5) is 9.84. The number of nitrogens with zero attached hydrogens (tertiary/aromatic N) is 1. The topological polar surface area (TPSA) is 40.5 Å². The zero-order valence-corrected chi connectivity index (χ0v) is 8.77. The van der Waals surface area contributed by atoms with Crippen LogP contribution in [-0.2, 0) is 0 Å². The second-order valence-electron chi connectivity index (χ2n) is 3.32. The molecule has 0 aromatic carbocycles. The second-order valence-corrected chi connectivity index (χ2v) is 3.32. The largest absolute Gasteiger partial charge is 0.465 e. The van der Waals surface area contributed by atoms with Gasteiger partial charge in [0, 0.05) is 6.54 Å². The van der Waals surface area contributed by atoms with Crippen LogP contribution in [0.15, 0.2) is 0 Å². The van der Waals surface area contributed by atoms with Crippen LogP contribution in [0.1, 0.15) is 19.8 Å². The first-order chi connectivity index (χ1) is 7.51. The molecule has 0 aromatic rings. The smallest absolute Gasteiger partial charge is 0.417 e. The van der Waals surface area contributed by atoms with E-state index in [1.807, 2.05) is 0 Å². The molecule has 0 spiro atoms. The SMILES string of the molecule is CCCCN(C(=O)O)C(C(F)(F)F)C(F)(F)F. The van der Waals surface area contributed by atoms with Gasteiger partial charge in [-0.25, -0.2) is 4.79 Å². The molecule has 0 rings (SSSR count). The molecule has 0 aliphatic rings. The number of amides is 1. The fourth-order valence-corrected chi connectivity index (χ4v) is 1.20. The molecule has 0 fully saturated rings. The van der Waals surface area contributed by atoms with Gasteiger partial charge in [0.25, 0.3) is 0 Å². The summed E-state index contributed by atoms with van der Waals surface area (Å²) >= 11 is 0. The lowest BCUT2D eigenvalue weighted by Crippen LogP contribution is -2.56. The van der Waals surface area contributed by atoms with Crippen LogP contribution in [0.25, 0.3) is 0 Å². The molecule has 102 valence electrons. The maximum Gasteiger partial charge on any atom is 0.417 e. The number of unbranched alkanes of at least 4 members (excludes halogenated alkanes) is 1. The molecule has 0 heterocycles. The van der Waals surface area contributed by atoms with Crippen molar-refractivity contribution in [3.63, 3.8) is 0 Å². The predicted molar refractivity (Wildman–Crippen MR) is 45.5 cm³/mol. The molecule has 0 saturated heterocycles. The fraction of sp³-hybridized carbons (Fsp3) is 0.875. The molecular weight excluding hydrogens is 256 g/mol. The third kappa shape index (κ3) is 4.70. The molecule has 17 heavy (non-hydrogen) atoms. The molecule has 0 unspecified atom stereocenters. The third-order valence-corrected chi connectivity index (χ3v) is 1.93. The Labute approximate surface area is 93.0 Å². The molecule has 1 amide bonds. The van der Waals surface area contributed by atoms with Crippen molar-refractivity contribution in [2.24, 2.45) is 0 Å². The maximum absolute atomic E-state index is 12.2. The van der Waals surface area contributed by atoms with Gasteiger partial charge in [-0.2, -0.15) is 26.3 Å². The first kappa shape index (κ1) is 15.9. The van der Waals surface area contributed by atoms with Crippen molar-refractivity contribution in [2.75, 3.05) is 6.54 Å². The van der Waals surface area contributed by atoms with Crippen molar-refractivity contribution in [1.82, 2.24) is 4.90 Å². The number of halogens is 6. The quantitative estimate of drug-likeness (QED) is 0.794. The van der Waals surface area contributed by atoms with Crippen molar-refractivity contribution < 1.29 is 36.2 Å². The minimum absolute atomic E-state index is 0.0744. The van der Waals surface area contributed by atoms with E-state index in [-0.39, 0.29) is 12.8 Å². The molecule has 3 nitrogen and oxygen atoms in total. The van der Waals surface area contributed by atoms with E-state index in [2.05, 4.69) is 0 Å². The van der Waals surface area contributed by atoms with Crippen LogP contribution in [0.2, 0.25) is 0 Å². The first-order valence-corrected chi connectivity index (χ1v) is 4.64. The number of carboxylic acid groups (broad SMARTS) is 1. The van der Waals surface area contributed by atoms with E-state index >= 15 is 0 Å². The Bertz CT molecular complexity index is 248. The average Bonchev–Trinajstić information content (AvgIpc) is 2.06. The van der Waals surface area contributed by atoms with Crippen molar-refractivity contribution in [3.8, 4) is 0 Å². The lowest BCUT2D eigenvalue weighted by molar-refractivity contribution is -0.281. The monoisotopic (exact) mass is 267 g/mol. The second kappa shape index (κ2) is 5.46. The van der Waals surface area contributed by atoms with E-state index in [1.165, 1.54) is 6.92 Å². The Kier molecular flexibility index (Phi) is 5.09. The first-order valence-electron chi connectivity index (χ1n) is 4.64. The molecule has 0 bridgehead atoms. The van der Waals surface area contributed by atoms with Crippen LogP contribution in [0.5, 0.6) is 0 Å². The Balaban J connectivity index is 5.17. The molecule has 0 aromatic heterocycles. The van der Waals surface area contributed by atoms with Gasteiger partial charge < -0.3 is 5.11 Å². The summed E-state index contributed by atoms with van der Waals surface area (Å²) in [6.07, 6.45) is -13.4. The van der Waals surface area contributed by atoms with E-state index in [4.69, 9.17) is 5.11 Å². The average molecular weight is 267 g/mol. The summed E-state index contributed by atoms with van der Waals surface area (Å²) in [5.41, 5.74) is 0. The molecule has 0 atom stereocenters. The van der Waals surface area contributed by atoms with Gasteiger partial charge in [-0.15, -0.1) is 0 Å². The summed E-state index contributed by atoms with van der Waals surface area (Å²) in [7, 11) is 0. The number of carbonyl (C=O) groups is 1. The highest BCUT2D eigenvalue weighted by atomic mass is 19.4. The van der Waals surface area contributed by atoms with Gasteiger partial charge in [-0.3, -0.25) is 4.90 Å². The van der Waals surface area contributed by atoms with Gasteiger partial charge in [0.15, 0.2) is 0 Å². The zero-order chi connectivity index (χ0) is 13.9. The van der Waals surface area contributed by atoms with Gasteiger partial charge in [0.1, 0.15) is 0 Å². The highest BCUT2D eigenvalue weighted by Gasteiger charge is 2.61. The molecule has 1 N–H and O–H groups in total. The van der Waals surface area contributed by atoms with Crippen LogP contribution >= 0.6 is 0 Å². The molecule has 0 aliphatic heterocycles. The molecule has 0 radical (unpaired) electrons. The van der Waals surface area contributed by atoms with Crippen LogP contribution < -0.4 is 0 Å². The van der Waals surface area contributed by atoms with E-state index in [0.717, 1.165) is 0 Å². The summed E-state index contributed by atoms with van der Waals surface area (Å²) < 4.78 is 73.4. The van der Waals surface area contributed by atoms with Crippen molar-refractivity contribution in [3.05, 3.63) is 0 Å². The summed E-state index contributed by atoms with van der Waals surface area (Å²) in [5, 5.41) is 8.42. The Hall–Kier alpha value is -1.15. The molecule has 0 aliphatic carbocycles. The van der Waals surface area contributed by atoms with Crippen LogP contribution in [-0.4, -0.2) is 41.0 Å². The van der Waals surface area contributed by atoms with E-state index < -0.39 is 35.9 Å². The lowest BCUT2D eigenvalue weighted by atomic mass is 10.2. The van der Waals surface area contributed by atoms with Gasteiger partial charge >= 0.3 is 18.4 Å². The van der Waals surface area contributed by atoms with Crippen molar-refractivity contribution in [1.29, 1.82) is 0 Å². The minimum atomic E-state index is -5.68. The normalized spacial score (nSPS) is 12.9. The number of alkyl halides is 6. The van der Waals surface area contributed by atoms with Gasteiger partial charge in [-0.05, 0) is 6.42 Å². The Morgan fingerprint density at radius 1 is 1.18 bits per heavy atom. The summed E-state index contributed by atoms with van der Waals surface area (Å²) in [6.45, 7) is 0.714. The van der Waals surface area contributed by atoms with Crippen LogP contribution in [0.4, 0.5) is 31.1 Å². The number of hydrogen-bond donors (Lipinski definition) is 1. The zero-order valence-electron chi connectivity index (χ0n) is 8.77. The Morgan fingerprint density at radius 2 is 1.59 bits per heavy atom. The minimum Gasteiger partial charge on any atom is -0.465 e. The van der Waals surface area contributed by atoms with Crippen molar-refractivity contribution in [2.45, 2.75) is 38.2 Å². The van der Waals surface area contributed by atoms with Crippen molar-refractivity contribution >= 4 is 6.09 Å². The highest BCUT2D eigenvalue weighted by molar-refractivity contribution is 5.65. The van der Waals surface area contributed by atoms with Gasteiger partial charge in [-0.1, -0.05) is 13.3 Å². The van der Waals surface area contributed by atoms with E-state index in [0.29, 0.717) is 0 Å². The molecular formula is C8H11F6NO2. The standard InChI is InChI=1S/C8H11F6NO2/c1-2-3-4-15(6(16)17)5(7(9,10)11)8(12,13)14/h5H,2-4H2,1H3,(H,16,17). The predicted octanol–water partition coefficient (Wildman–Crippen LogP) is 3.26. The highest BCUT2D eigenvalue weighted by Crippen LogP contribution is 2.37. The van der Waals surface area contributed by atoms with Gasteiger partial charge in [0.2, 0.25) is 6.04 Å². The maximum atomic E-state index is 12.2. The summed E-state index contributed by atoms with van der Waals surface area (Å²) in [6, 6.07) is -3.97. The summed E-state index contributed by atoms with van der Waals surface area (Å²) in [5.74, 6) is 0. The fourth-order valence-electron chi connectivity index (χ4n) is 1.20. The van der Waals surface area contributed by atoms with E-state index in [1.54, 1.807) is 0 Å². The van der Waals surface area contributed by atoms with Crippen LogP contribution in [0, 0.1) is 0 Å². The lowest BCUT2D eigenvalue weighted by Gasteiger charge is -2.32. The molecule has 0 saturated carbocycles. The van der Waals surface area contributed by atoms with Crippen LogP contribution in [0.3, 0.4) is 0 Å². The third-order valence-electron chi connectivity index (χ3n) is 1.93. The van der Waals surface area contributed by atoms with E-state index in [9.17, 15) is 31.1 Å². The van der Waals surface area contributed by atoms with Gasteiger partial charge in [0.05, 0.1) is 0 Å². The number of rotatable bonds is 4.